The summed E-state index contributed by atoms with van der Waals surface area (Å²) >= 11 is -6.45. The molecular weight excluding hydrogens is 853 g/mol. The summed E-state index contributed by atoms with van der Waals surface area (Å²) in [5, 5.41) is 24.1. The molecule has 1 radical (unpaired) electrons. The number of rotatable bonds is 8. The van der Waals surface area contributed by atoms with Crippen molar-refractivity contribution in [2.24, 2.45) is 0 Å². The summed E-state index contributed by atoms with van der Waals surface area (Å²) in [5.41, 5.74) is -11.6. The van der Waals surface area contributed by atoms with Gasteiger partial charge in [-0.2, -0.15) is 0 Å². The average molecular weight is 897 g/mol. The molecule has 56 heavy (non-hydrogen) atoms. The van der Waals surface area contributed by atoms with Crippen LogP contribution in [0.2, 0.25) is 0 Å². The molecule has 5 rings (SSSR count). The Hall–Kier alpha value is -3.79. The minimum absolute atomic E-state index is 0.0200. The fourth-order valence-corrected chi connectivity index (χ4v) is 22.7. The second-order valence-corrected chi connectivity index (χ2v) is 25.9. The van der Waals surface area contributed by atoms with Crippen LogP contribution in [0.1, 0.15) is 73.2 Å². The first kappa shape index (κ1) is 43.3. The fraction of sp³-hybridized carbons (Fsp3) is 0.318. The van der Waals surface area contributed by atoms with E-state index in [0.717, 1.165) is 30.3 Å². The van der Waals surface area contributed by atoms with Crippen LogP contribution in [0.15, 0.2) is 133 Å². The van der Waals surface area contributed by atoms with E-state index in [4.69, 9.17) is 0 Å². The van der Waals surface area contributed by atoms with Crippen molar-refractivity contribution in [3.05, 3.63) is 161 Å². The first-order valence-corrected chi connectivity index (χ1v) is 23.0. The van der Waals surface area contributed by atoms with Gasteiger partial charge in [0.25, 0.3) is 0 Å². The molecule has 0 aliphatic rings. The van der Waals surface area contributed by atoms with Gasteiger partial charge in [-0.05, 0) is 0 Å². The van der Waals surface area contributed by atoms with Gasteiger partial charge < -0.3 is 0 Å². The van der Waals surface area contributed by atoms with Crippen LogP contribution in [0.3, 0.4) is 0 Å². The first-order valence-electron chi connectivity index (χ1n) is 17.7. The molecule has 0 spiro atoms. The van der Waals surface area contributed by atoms with Crippen LogP contribution in [0.5, 0.6) is 0 Å². The van der Waals surface area contributed by atoms with Crippen molar-refractivity contribution in [2.75, 3.05) is 0 Å². The quantitative estimate of drug-likeness (QED) is 0.120. The van der Waals surface area contributed by atoms with Gasteiger partial charge in [-0.3, -0.25) is 0 Å². The maximum atomic E-state index is 16.3. The Balaban J connectivity index is 2.19. The second-order valence-electron chi connectivity index (χ2n) is 16.0. The number of hydrogen-bond acceptors (Lipinski definition) is 2. The summed E-state index contributed by atoms with van der Waals surface area (Å²) in [6.07, 6.45) is -18.3. The van der Waals surface area contributed by atoms with Gasteiger partial charge in [0.2, 0.25) is 0 Å². The van der Waals surface area contributed by atoms with E-state index < -0.39 is 77.9 Å². The fourth-order valence-electron chi connectivity index (χ4n) is 7.36. The molecule has 0 aliphatic heterocycles. The SMILES string of the molecule is CC(C)(C)c1cc[c]([Sb]([c]2ccc(C(C)(C)C)cc2)([c]2ccccc2C(O)(C(F)(F)F)C(F)(F)F)[C@@H](c2ccccc2)[C@](O)(c2ccccc2)C(F)(F)F)cc1. The monoisotopic (exact) mass is 895 g/mol. The van der Waals surface area contributed by atoms with Gasteiger partial charge in [0.15, 0.2) is 0 Å². The van der Waals surface area contributed by atoms with E-state index in [1.807, 2.05) is 41.5 Å². The van der Waals surface area contributed by atoms with Crippen LogP contribution in [-0.2, 0) is 22.0 Å². The van der Waals surface area contributed by atoms with Crippen LogP contribution in [0, 0.1) is 0 Å². The van der Waals surface area contributed by atoms with Gasteiger partial charge in [0.1, 0.15) is 0 Å². The molecule has 0 aromatic heterocycles. The first-order chi connectivity index (χ1) is 25.7. The predicted octanol–water partition coefficient (Wildman–Crippen LogP) is 9.84. The Bertz CT molecular complexity index is 2030. The van der Waals surface area contributed by atoms with Crippen LogP contribution in [0.4, 0.5) is 39.5 Å². The van der Waals surface area contributed by atoms with Crippen LogP contribution < -0.4 is 10.5 Å². The molecule has 0 amide bonds. The molecule has 12 heteroatoms. The summed E-state index contributed by atoms with van der Waals surface area (Å²) in [6.45, 7) is 11.2. The Morgan fingerprint density at radius 3 is 1.18 bits per heavy atom. The third-order valence-electron chi connectivity index (χ3n) is 10.3. The number of halogens is 9. The summed E-state index contributed by atoms with van der Waals surface area (Å²) in [7, 11) is 0. The Kier molecular flexibility index (Phi) is 11.5. The topological polar surface area (TPSA) is 40.5 Å². The Morgan fingerprint density at radius 2 is 0.804 bits per heavy atom. The van der Waals surface area contributed by atoms with E-state index in [2.05, 4.69) is 0 Å². The molecule has 0 aliphatic carbocycles. The zero-order valence-corrected chi connectivity index (χ0v) is 34.1. The molecule has 0 saturated carbocycles. The minimum atomic E-state index is -6.45. The van der Waals surface area contributed by atoms with Crippen molar-refractivity contribution in [3.63, 3.8) is 0 Å². The van der Waals surface area contributed by atoms with Crippen molar-refractivity contribution in [3.8, 4) is 0 Å². The molecule has 2 atom stereocenters. The van der Waals surface area contributed by atoms with E-state index in [9.17, 15) is 10.2 Å². The van der Waals surface area contributed by atoms with Gasteiger partial charge in [-0.15, -0.1) is 0 Å². The van der Waals surface area contributed by atoms with Crippen LogP contribution in [0.25, 0.3) is 0 Å². The Morgan fingerprint density at radius 1 is 0.429 bits per heavy atom. The van der Waals surface area contributed by atoms with E-state index in [1.54, 1.807) is 24.3 Å². The third-order valence-corrected chi connectivity index (χ3v) is 24.1. The van der Waals surface area contributed by atoms with E-state index in [1.165, 1.54) is 72.8 Å². The molecule has 0 fully saturated rings. The van der Waals surface area contributed by atoms with Gasteiger partial charge in [0, 0.05) is 0 Å². The molecule has 0 saturated heterocycles. The summed E-state index contributed by atoms with van der Waals surface area (Å²) in [6, 6.07) is 28.6. The van der Waals surface area contributed by atoms with Crippen molar-refractivity contribution >= 4 is 29.3 Å². The van der Waals surface area contributed by atoms with Crippen molar-refractivity contribution in [1.29, 1.82) is 0 Å². The van der Waals surface area contributed by atoms with Crippen molar-refractivity contribution in [2.45, 2.75) is 86.0 Å². The zero-order valence-electron chi connectivity index (χ0n) is 31.5. The predicted molar refractivity (Wildman–Crippen MR) is 203 cm³/mol. The zero-order chi connectivity index (χ0) is 41.8. The van der Waals surface area contributed by atoms with Crippen molar-refractivity contribution in [1.82, 2.24) is 0 Å². The molecule has 0 bridgehead atoms. The van der Waals surface area contributed by atoms with E-state index in [0.29, 0.717) is 17.2 Å². The normalized spacial score (nSPS) is 15.3. The van der Waals surface area contributed by atoms with Gasteiger partial charge in [-0.25, -0.2) is 0 Å². The average Bonchev–Trinajstić information content (AvgIpc) is 3.12. The molecule has 0 heterocycles. The Labute approximate surface area is 325 Å². The van der Waals surface area contributed by atoms with Gasteiger partial charge >= 0.3 is 326 Å². The third kappa shape index (κ3) is 7.40. The van der Waals surface area contributed by atoms with E-state index in [-0.39, 0.29) is 12.6 Å². The van der Waals surface area contributed by atoms with E-state index >= 15 is 39.5 Å². The second kappa shape index (κ2) is 14.9. The van der Waals surface area contributed by atoms with Crippen molar-refractivity contribution < 1.29 is 49.7 Å². The van der Waals surface area contributed by atoms with Crippen LogP contribution in [-0.4, -0.2) is 47.5 Å². The summed E-state index contributed by atoms with van der Waals surface area (Å²) < 4.78 is 136. The van der Waals surface area contributed by atoms with Crippen LogP contribution >= 0.6 is 0 Å². The molecule has 2 nitrogen and oxygen atoms in total. The maximum absolute atomic E-state index is 16.3. The van der Waals surface area contributed by atoms with Gasteiger partial charge in [-0.1, -0.05) is 0 Å². The molecule has 5 aromatic carbocycles. The standard InChI is InChI=1S/C15H12F3O.2C10H13.C9H5F6O.Sb/c16-15(17,18)14(19,13-9-5-2-6-10-13)11-12-7-3-1-4-8-12;2*1-10(2,3)9-7-5-4-6-8-9;10-8(11,12)7(16,9(13,14)15)6-4-2-1-3-5-6;/h1-11,19H;2*5-8H,1-3H3;1-4,16H;/t14-;;;;/m0..../s1. The molecule has 299 valence electrons. The molecule has 0 unspecified atom stereocenters. The van der Waals surface area contributed by atoms with Gasteiger partial charge in [0.05, 0.1) is 0 Å². The molecule has 2 N–H and O–H groups in total. The summed E-state index contributed by atoms with van der Waals surface area (Å²) in [4.78, 5) is 0. The molecule has 5 aromatic rings. The number of aliphatic hydroxyl groups is 2. The number of hydrogen-bond donors (Lipinski definition) is 2. The number of alkyl halides is 9. The summed E-state index contributed by atoms with van der Waals surface area (Å²) in [5.74, 6) is 0. The molecular formula is C44H43F9O2Sb. The number of benzene rings is 5.